The second kappa shape index (κ2) is 6.81. The Bertz CT molecular complexity index is 1340. The van der Waals surface area contributed by atoms with E-state index >= 15 is 0 Å². The maximum absolute atomic E-state index is 14.3. The zero-order chi connectivity index (χ0) is 23.9. The van der Waals surface area contributed by atoms with Crippen molar-refractivity contribution in [2.75, 3.05) is 23.8 Å². The van der Waals surface area contributed by atoms with E-state index in [1.165, 1.54) is 0 Å². The van der Waals surface area contributed by atoms with Gasteiger partial charge in [0, 0.05) is 28.0 Å². The van der Waals surface area contributed by atoms with Crippen molar-refractivity contribution in [1.29, 1.82) is 5.26 Å². The van der Waals surface area contributed by atoms with Crippen LogP contribution in [-0.2, 0) is 30.1 Å². The Morgan fingerprint density at radius 3 is 2.68 bits per heavy atom. The van der Waals surface area contributed by atoms with Crippen LogP contribution in [0.15, 0.2) is 42.5 Å². The van der Waals surface area contributed by atoms with Crippen LogP contribution in [0.4, 0.5) is 11.4 Å². The fourth-order valence-electron chi connectivity index (χ4n) is 7.03. The number of esters is 1. The van der Waals surface area contributed by atoms with E-state index in [9.17, 15) is 19.6 Å². The molecule has 172 valence electrons. The first-order chi connectivity index (χ1) is 16.4. The van der Waals surface area contributed by atoms with Gasteiger partial charge in [-0.05, 0) is 56.1 Å². The highest BCUT2D eigenvalue weighted by Crippen LogP contribution is 2.72. The highest BCUT2D eigenvalue weighted by molar-refractivity contribution is 6.31. The molecule has 2 saturated heterocycles. The minimum Gasteiger partial charge on any atom is -0.465 e. The summed E-state index contributed by atoms with van der Waals surface area (Å²) in [4.78, 5) is 44.2. The normalized spacial score (nSPS) is 32.8. The number of amides is 2. The predicted octanol–water partition coefficient (Wildman–Crippen LogP) is 2.93. The summed E-state index contributed by atoms with van der Waals surface area (Å²) >= 11 is 6.41. The van der Waals surface area contributed by atoms with E-state index in [-0.39, 0.29) is 6.61 Å². The highest BCUT2D eigenvalue weighted by Gasteiger charge is 2.88. The largest absolute Gasteiger partial charge is 0.465 e. The zero-order valence-corrected chi connectivity index (χ0v) is 19.1. The van der Waals surface area contributed by atoms with Crippen LogP contribution in [0.3, 0.4) is 0 Å². The van der Waals surface area contributed by atoms with Gasteiger partial charge in [-0.3, -0.25) is 19.3 Å². The molecule has 2 aromatic rings. The summed E-state index contributed by atoms with van der Waals surface area (Å²) < 4.78 is 5.50. The van der Waals surface area contributed by atoms with Gasteiger partial charge in [0.05, 0.1) is 12.7 Å². The van der Waals surface area contributed by atoms with Gasteiger partial charge < -0.3 is 15.4 Å². The number of rotatable bonds is 2. The number of nitrogens with one attached hydrogen (secondary N) is 2. The van der Waals surface area contributed by atoms with Crippen LogP contribution in [0, 0.1) is 16.7 Å². The molecule has 0 aromatic heterocycles. The Kier molecular flexibility index (Phi) is 4.24. The van der Waals surface area contributed by atoms with Gasteiger partial charge in [0.15, 0.2) is 5.41 Å². The van der Waals surface area contributed by atoms with Crippen LogP contribution in [0.2, 0.25) is 5.02 Å². The number of anilines is 2. The molecular formula is C25H21ClN4O4. The van der Waals surface area contributed by atoms with Crippen molar-refractivity contribution in [3.8, 4) is 6.07 Å². The molecule has 2 spiro atoms. The van der Waals surface area contributed by atoms with Gasteiger partial charge in [-0.1, -0.05) is 29.8 Å². The Morgan fingerprint density at radius 1 is 1.18 bits per heavy atom. The molecule has 4 aliphatic heterocycles. The van der Waals surface area contributed by atoms with E-state index in [0.29, 0.717) is 46.9 Å². The lowest BCUT2D eigenvalue weighted by Gasteiger charge is -2.45. The Hall–Kier alpha value is -3.41. The molecule has 6 rings (SSSR count). The summed E-state index contributed by atoms with van der Waals surface area (Å²) in [5, 5.41) is 17.0. The number of benzene rings is 2. The minimum absolute atomic E-state index is 0.0326. The summed E-state index contributed by atoms with van der Waals surface area (Å²) in [6, 6.07) is 13.6. The predicted molar refractivity (Wildman–Crippen MR) is 123 cm³/mol. The number of hydrogen-bond donors (Lipinski definition) is 2. The molecule has 0 bridgehead atoms. The molecule has 0 radical (unpaired) electrons. The van der Waals surface area contributed by atoms with Crippen molar-refractivity contribution in [1.82, 2.24) is 4.90 Å². The molecule has 4 atom stereocenters. The first-order valence-corrected chi connectivity index (χ1v) is 11.7. The number of carbonyl (C=O) groups excluding carboxylic acids is 3. The first kappa shape index (κ1) is 21.1. The maximum atomic E-state index is 14.3. The molecule has 0 aliphatic carbocycles. The highest BCUT2D eigenvalue weighted by atomic mass is 35.5. The third-order valence-corrected chi connectivity index (χ3v) is 8.19. The van der Waals surface area contributed by atoms with Gasteiger partial charge in [-0.2, -0.15) is 5.26 Å². The summed E-state index contributed by atoms with van der Waals surface area (Å²) in [6.45, 7) is 2.13. The molecule has 2 N–H and O–H groups in total. The second-order valence-electron chi connectivity index (χ2n) is 9.10. The monoisotopic (exact) mass is 476 g/mol. The van der Waals surface area contributed by atoms with Crippen molar-refractivity contribution in [3.63, 3.8) is 0 Å². The van der Waals surface area contributed by atoms with Crippen LogP contribution >= 0.6 is 11.6 Å². The fraction of sp³-hybridized carbons (Fsp3) is 0.360. The van der Waals surface area contributed by atoms with Crippen molar-refractivity contribution in [2.45, 2.75) is 36.8 Å². The summed E-state index contributed by atoms with van der Waals surface area (Å²) in [5.74, 6) is -1.82. The molecule has 2 fully saturated rings. The molecule has 2 amide bonds. The van der Waals surface area contributed by atoms with Crippen LogP contribution in [-0.4, -0.2) is 41.9 Å². The smallest absolute Gasteiger partial charge is 0.329 e. The molecule has 1 unspecified atom stereocenters. The Labute approximate surface area is 200 Å². The standard InChI is InChI=1S/C25H21ClN4O4/c1-2-34-22(33)23(13-27)19-8-5-11-30(19)25(15-6-3-4-7-17(15)29-21(25)32)24(23)16-12-14(26)9-10-18(16)28-20(24)31/h3-4,6-7,9-10,12,19H,2,5,8,11H2,1H3,(H,28,31)(H,29,32)/t19?,23-,24+,25-/m1/s1. The van der Waals surface area contributed by atoms with Crippen molar-refractivity contribution in [3.05, 3.63) is 58.6 Å². The topological polar surface area (TPSA) is 112 Å². The lowest BCUT2D eigenvalue weighted by molar-refractivity contribution is -0.159. The lowest BCUT2D eigenvalue weighted by atomic mass is 9.51. The molecule has 2 aromatic carbocycles. The third kappa shape index (κ3) is 1.99. The van der Waals surface area contributed by atoms with Crippen LogP contribution in [0.5, 0.6) is 0 Å². The molecule has 4 aliphatic rings. The molecule has 0 saturated carbocycles. The van der Waals surface area contributed by atoms with E-state index in [4.69, 9.17) is 16.3 Å². The number of nitrogens with zero attached hydrogens (tertiary/aromatic N) is 2. The average molecular weight is 477 g/mol. The summed E-state index contributed by atoms with van der Waals surface area (Å²) in [7, 11) is 0. The third-order valence-electron chi connectivity index (χ3n) is 7.96. The number of carbonyl (C=O) groups is 3. The van der Waals surface area contributed by atoms with Gasteiger partial charge in [0.2, 0.25) is 5.91 Å². The number of hydrogen-bond acceptors (Lipinski definition) is 6. The average Bonchev–Trinajstić information content (AvgIpc) is 3.53. The van der Waals surface area contributed by atoms with Gasteiger partial charge in [-0.25, -0.2) is 0 Å². The number of halogens is 1. The van der Waals surface area contributed by atoms with E-state index in [1.807, 2.05) is 4.90 Å². The molecular weight excluding hydrogens is 456 g/mol. The molecule has 8 nitrogen and oxygen atoms in total. The zero-order valence-electron chi connectivity index (χ0n) is 18.4. The Morgan fingerprint density at radius 2 is 1.91 bits per heavy atom. The second-order valence-corrected chi connectivity index (χ2v) is 9.53. The number of para-hydroxylation sites is 1. The van der Waals surface area contributed by atoms with Crippen LogP contribution < -0.4 is 10.6 Å². The van der Waals surface area contributed by atoms with Gasteiger partial charge in [-0.15, -0.1) is 0 Å². The fourth-order valence-corrected chi connectivity index (χ4v) is 7.20. The van der Waals surface area contributed by atoms with Crippen molar-refractivity contribution >= 4 is 40.8 Å². The van der Waals surface area contributed by atoms with Crippen LogP contribution in [0.1, 0.15) is 30.9 Å². The van der Waals surface area contributed by atoms with E-state index in [2.05, 4.69) is 16.7 Å². The van der Waals surface area contributed by atoms with Gasteiger partial charge in [0.1, 0.15) is 11.0 Å². The summed E-state index contributed by atoms with van der Waals surface area (Å²) in [6.07, 6.45) is 1.14. The van der Waals surface area contributed by atoms with Crippen LogP contribution in [0.25, 0.3) is 0 Å². The molecule has 9 heteroatoms. The number of fused-ring (bicyclic) bond motifs is 7. The molecule has 34 heavy (non-hydrogen) atoms. The van der Waals surface area contributed by atoms with Gasteiger partial charge in [0.25, 0.3) is 5.91 Å². The molecule has 4 heterocycles. The SMILES string of the molecule is CCOC(=O)[C@@]1(C#N)C2CCCN2[C@]2(C(=O)Nc3ccccc32)[C@@]12C(=O)Nc1ccc(Cl)cc12. The van der Waals surface area contributed by atoms with Crippen molar-refractivity contribution in [2.24, 2.45) is 5.41 Å². The lowest BCUT2D eigenvalue weighted by Crippen LogP contribution is -2.65. The van der Waals surface area contributed by atoms with E-state index < -0.39 is 40.2 Å². The van der Waals surface area contributed by atoms with E-state index in [1.54, 1.807) is 49.4 Å². The van der Waals surface area contributed by atoms with E-state index in [0.717, 1.165) is 0 Å². The maximum Gasteiger partial charge on any atom is 0.329 e. The number of ether oxygens (including phenoxy) is 1. The minimum atomic E-state index is -1.98. The quantitative estimate of drug-likeness (QED) is 0.645. The van der Waals surface area contributed by atoms with Gasteiger partial charge >= 0.3 is 5.97 Å². The Balaban J connectivity index is 1.83. The number of nitriles is 1. The summed E-state index contributed by atoms with van der Waals surface area (Å²) in [5.41, 5.74) is -3.61. The van der Waals surface area contributed by atoms with Crippen molar-refractivity contribution < 1.29 is 19.1 Å². The first-order valence-electron chi connectivity index (χ1n) is 11.3.